The van der Waals surface area contributed by atoms with Crippen molar-refractivity contribution in [1.82, 2.24) is 10.2 Å². The van der Waals surface area contributed by atoms with Crippen molar-refractivity contribution in [2.45, 2.75) is 44.3 Å². The van der Waals surface area contributed by atoms with Gasteiger partial charge in [-0.3, -0.25) is 4.79 Å². The number of amides is 1. The predicted molar refractivity (Wildman–Crippen MR) is 90.4 cm³/mol. The minimum atomic E-state index is -4.40. The smallest absolute Gasteiger partial charge is 0.342 e. The molecule has 0 aromatic heterocycles. The van der Waals surface area contributed by atoms with Gasteiger partial charge in [-0.05, 0) is 45.4 Å². The molecule has 0 bridgehead atoms. The Balaban J connectivity index is 0.00000288. The van der Waals surface area contributed by atoms with Crippen LogP contribution in [0.15, 0.2) is 24.3 Å². The fourth-order valence-electron chi connectivity index (χ4n) is 2.97. The summed E-state index contributed by atoms with van der Waals surface area (Å²) in [5.74, 6) is -0.119. The molecule has 1 aliphatic rings. The van der Waals surface area contributed by atoms with Gasteiger partial charge in [0.15, 0.2) is 0 Å². The van der Waals surface area contributed by atoms with Gasteiger partial charge in [-0.1, -0.05) is 18.2 Å². The molecule has 1 aromatic carbocycles. The topological polar surface area (TPSA) is 32.3 Å². The van der Waals surface area contributed by atoms with E-state index in [4.69, 9.17) is 0 Å². The summed E-state index contributed by atoms with van der Waals surface area (Å²) in [7, 11) is 1.90. The number of nitrogens with zero attached hydrogens (tertiary/aromatic N) is 1. The molecule has 1 aromatic rings. The second-order valence-electron chi connectivity index (χ2n) is 6.56. The fourth-order valence-corrected chi connectivity index (χ4v) is 2.97. The maximum Gasteiger partial charge on any atom is 0.416 e. The summed E-state index contributed by atoms with van der Waals surface area (Å²) in [5, 5.41) is 3.19. The van der Waals surface area contributed by atoms with Crippen LogP contribution >= 0.6 is 12.4 Å². The van der Waals surface area contributed by atoms with Crippen molar-refractivity contribution < 1.29 is 18.0 Å². The van der Waals surface area contributed by atoms with Gasteiger partial charge in [-0.2, -0.15) is 13.2 Å². The number of piperidine rings is 1. The van der Waals surface area contributed by atoms with E-state index in [-0.39, 0.29) is 18.3 Å². The van der Waals surface area contributed by atoms with Crippen molar-refractivity contribution in [2.24, 2.45) is 0 Å². The Bertz CT molecular complexity index is 567. The lowest BCUT2D eigenvalue weighted by Crippen LogP contribution is -2.49. The zero-order chi connectivity index (χ0) is 17.3. The van der Waals surface area contributed by atoms with Gasteiger partial charge < -0.3 is 10.2 Å². The molecular formula is C17H24ClF3N2O. The molecule has 2 rings (SSSR count). The number of alkyl halides is 3. The van der Waals surface area contributed by atoms with Crippen LogP contribution in [0.5, 0.6) is 0 Å². The molecule has 0 unspecified atom stereocenters. The number of likely N-dealkylation sites (tertiary alicyclic amines) is 1. The monoisotopic (exact) mass is 364 g/mol. The highest BCUT2D eigenvalue weighted by molar-refractivity contribution is 5.87. The van der Waals surface area contributed by atoms with Gasteiger partial charge in [0.2, 0.25) is 5.91 Å². The number of halogens is 4. The molecule has 1 aliphatic heterocycles. The first kappa shape index (κ1) is 20.8. The van der Waals surface area contributed by atoms with E-state index < -0.39 is 17.2 Å². The molecule has 0 spiro atoms. The second-order valence-corrected chi connectivity index (χ2v) is 6.56. The minimum absolute atomic E-state index is 0. The molecule has 0 aliphatic carbocycles. The summed E-state index contributed by atoms with van der Waals surface area (Å²) in [6.45, 7) is 4.64. The zero-order valence-electron chi connectivity index (χ0n) is 14.1. The fraction of sp³-hybridized carbons (Fsp3) is 0.588. The summed E-state index contributed by atoms with van der Waals surface area (Å²) >= 11 is 0. The zero-order valence-corrected chi connectivity index (χ0v) is 14.9. The predicted octanol–water partition coefficient (Wildman–Crippen LogP) is 3.62. The van der Waals surface area contributed by atoms with E-state index in [1.807, 2.05) is 7.05 Å². The summed E-state index contributed by atoms with van der Waals surface area (Å²) in [6, 6.07) is 5.46. The normalized spacial score (nSPS) is 16.7. The van der Waals surface area contributed by atoms with Crippen LogP contribution in [0.25, 0.3) is 0 Å². The lowest BCUT2D eigenvalue weighted by atomic mass is 9.82. The highest BCUT2D eigenvalue weighted by atomic mass is 35.5. The molecule has 7 heteroatoms. The average Bonchev–Trinajstić information content (AvgIpc) is 2.53. The van der Waals surface area contributed by atoms with Crippen molar-refractivity contribution in [3.8, 4) is 0 Å². The molecule has 1 amide bonds. The highest BCUT2D eigenvalue weighted by Crippen LogP contribution is 2.34. The quantitative estimate of drug-likeness (QED) is 0.888. The summed E-state index contributed by atoms with van der Waals surface area (Å²) in [6.07, 6.45) is -2.68. The average molecular weight is 365 g/mol. The highest BCUT2D eigenvalue weighted by Gasteiger charge is 2.37. The SMILES string of the molecule is CNC1CCN(C(=O)C(C)(C)c2cccc(C(F)(F)F)c2)CC1.Cl. The molecule has 1 fully saturated rings. The molecule has 0 atom stereocenters. The largest absolute Gasteiger partial charge is 0.416 e. The van der Waals surface area contributed by atoms with Crippen LogP contribution in [-0.2, 0) is 16.4 Å². The first-order valence-corrected chi connectivity index (χ1v) is 7.80. The van der Waals surface area contributed by atoms with Crippen LogP contribution in [0.3, 0.4) is 0 Å². The number of carbonyl (C=O) groups excluding carboxylic acids is 1. The Morgan fingerprint density at radius 2 is 1.71 bits per heavy atom. The molecule has 1 heterocycles. The van der Waals surface area contributed by atoms with Crippen LogP contribution in [0.4, 0.5) is 13.2 Å². The van der Waals surface area contributed by atoms with Gasteiger partial charge >= 0.3 is 6.18 Å². The molecule has 1 N–H and O–H groups in total. The van der Waals surface area contributed by atoms with Crippen LogP contribution in [0.1, 0.15) is 37.8 Å². The summed E-state index contributed by atoms with van der Waals surface area (Å²) < 4.78 is 38.7. The lowest BCUT2D eigenvalue weighted by Gasteiger charge is -2.37. The van der Waals surface area contributed by atoms with E-state index in [0.29, 0.717) is 24.7 Å². The molecule has 3 nitrogen and oxygen atoms in total. The Hall–Kier alpha value is -1.27. The van der Waals surface area contributed by atoms with Gasteiger partial charge in [0, 0.05) is 19.1 Å². The maximum atomic E-state index is 12.9. The van der Waals surface area contributed by atoms with Crippen molar-refractivity contribution in [3.63, 3.8) is 0 Å². The molecular weight excluding hydrogens is 341 g/mol. The van der Waals surface area contributed by atoms with Crippen LogP contribution < -0.4 is 5.32 Å². The van der Waals surface area contributed by atoms with Crippen molar-refractivity contribution in [3.05, 3.63) is 35.4 Å². The van der Waals surface area contributed by atoms with Crippen molar-refractivity contribution in [2.75, 3.05) is 20.1 Å². The van der Waals surface area contributed by atoms with Crippen LogP contribution in [-0.4, -0.2) is 37.0 Å². The Kier molecular flexibility index (Phi) is 6.70. The van der Waals surface area contributed by atoms with Crippen molar-refractivity contribution >= 4 is 18.3 Å². The van der Waals surface area contributed by atoms with Gasteiger partial charge in [0.05, 0.1) is 11.0 Å². The van der Waals surface area contributed by atoms with Crippen LogP contribution in [0, 0.1) is 0 Å². The number of hydrogen-bond acceptors (Lipinski definition) is 2. The third-order valence-electron chi connectivity index (χ3n) is 4.64. The molecule has 0 radical (unpaired) electrons. The van der Waals surface area contributed by atoms with Crippen molar-refractivity contribution in [1.29, 1.82) is 0 Å². The summed E-state index contributed by atoms with van der Waals surface area (Å²) in [5.41, 5.74) is -1.30. The van der Waals surface area contributed by atoms with Gasteiger partial charge in [0.1, 0.15) is 0 Å². The van der Waals surface area contributed by atoms with Crippen LogP contribution in [0.2, 0.25) is 0 Å². The van der Waals surface area contributed by atoms with E-state index in [0.717, 1.165) is 25.0 Å². The van der Waals surface area contributed by atoms with E-state index in [1.54, 1.807) is 24.8 Å². The number of rotatable bonds is 3. The van der Waals surface area contributed by atoms with Gasteiger partial charge in [0.25, 0.3) is 0 Å². The third kappa shape index (κ3) is 4.42. The molecule has 1 saturated heterocycles. The number of carbonyl (C=O) groups is 1. The molecule has 24 heavy (non-hydrogen) atoms. The summed E-state index contributed by atoms with van der Waals surface area (Å²) in [4.78, 5) is 14.6. The number of benzene rings is 1. The Labute approximate surface area is 147 Å². The third-order valence-corrected chi connectivity index (χ3v) is 4.64. The lowest BCUT2D eigenvalue weighted by molar-refractivity contribution is -0.139. The van der Waals surface area contributed by atoms with Gasteiger partial charge in [-0.25, -0.2) is 0 Å². The standard InChI is InChI=1S/C17H23F3N2O.ClH/c1-16(2,12-5-4-6-13(11-12)17(18,19)20)15(23)22-9-7-14(21-3)8-10-22;/h4-6,11,14,21H,7-10H2,1-3H3;1H. The first-order valence-electron chi connectivity index (χ1n) is 7.80. The Morgan fingerprint density at radius 1 is 1.17 bits per heavy atom. The number of hydrogen-bond donors (Lipinski definition) is 1. The van der Waals surface area contributed by atoms with E-state index in [1.165, 1.54) is 6.07 Å². The van der Waals surface area contributed by atoms with E-state index >= 15 is 0 Å². The van der Waals surface area contributed by atoms with E-state index in [2.05, 4.69) is 5.32 Å². The molecule has 136 valence electrons. The number of nitrogens with one attached hydrogen (secondary N) is 1. The second kappa shape index (κ2) is 7.74. The van der Waals surface area contributed by atoms with Gasteiger partial charge in [-0.15, -0.1) is 12.4 Å². The minimum Gasteiger partial charge on any atom is -0.342 e. The first-order chi connectivity index (χ1) is 10.7. The Morgan fingerprint density at radius 3 is 2.21 bits per heavy atom. The molecule has 0 saturated carbocycles. The maximum absolute atomic E-state index is 12.9. The van der Waals surface area contributed by atoms with E-state index in [9.17, 15) is 18.0 Å².